The minimum atomic E-state index is -0.0645. The molecule has 0 radical (unpaired) electrons. The van der Waals surface area contributed by atoms with Crippen LogP contribution in [0.4, 0.5) is 5.69 Å². The lowest BCUT2D eigenvalue weighted by Crippen LogP contribution is -2.22. The highest BCUT2D eigenvalue weighted by atomic mass is 79.9. The maximum absolute atomic E-state index is 11.7. The zero-order chi connectivity index (χ0) is 13.7. The maximum Gasteiger partial charge on any atom is 0.251 e. The number of halogens is 1. The number of hydrogen-bond donors (Lipinski definition) is 2. The molecule has 0 aliphatic rings. The number of hydrogen-bond acceptors (Lipinski definition) is 3. The normalized spacial score (nSPS) is 10.2. The summed E-state index contributed by atoms with van der Waals surface area (Å²) in [5.41, 5.74) is 1.53. The molecule has 1 heterocycles. The highest BCUT2D eigenvalue weighted by Gasteiger charge is 2.06. The van der Waals surface area contributed by atoms with Crippen LogP contribution in [0.2, 0.25) is 0 Å². The van der Waals surface area contributed by atoms with E-state index in [1.807, 2.05) is 31.2 Å². The van der Waals surface area contributed by atoms with E-state index in [4.69, 9.17) is 4.42 Å². The van der Waals surface area contributed by atoms with Crippen LogP contribution in [0.5, 0.6) is 0 Å². The Morgan fingerprint density at radius 3 is 2.89 bits per heavy atom. The van der Waals surface area contributed by atoms with Gasteiger partial charge in [-0.25, -0.2) is 0 Å². The van der Waals surface area contributed by atoms with Crippen LogP contribution in [0, 0.1) is 0 Å². The number of carbonyl (C=O) groups excluding carboxylic acids is 1. The lowest BCUT2D eigenvalue weighted by molar-refractivity contribution is 0.0956. The Hall–Kier alpha value is -1.75. The third-order valence-electron chi connectivity index (χ3n) is 2.61. The van der Waals surface area contributed by atoms with Crippen LogP contribution in [0.15, 0.2) is 45.5 Å². The first-order valence-corrected chi connectivity index (χ1v) is 6.84. The van der Waals surface area contributed by atoms with E-state index in [9.17, 15) is 4.79 Å². The molecule has 0 aliphatic heterocycles. The van der Waals surface area contributed by atoms with E-state index in [1.54, 1.807) is 12.3 Å². The Morgan fingerprint density at radius 1 is 1.37 bits per heavy atom. The summed E-state index contributed by atoms with van der Waals surface area (Å²) in [7, 11) is 0. The molecule has 4 nitrogen and oxygen atoms in total. The Balaban J connectivity index is 2.03. The number of carbonyl (C=O) groups is 1. The van der Waals surface area contributed by atoms with E-state index in [2.05, 4.69) is 26.6 Å². The van der Waals surface area contributed by atoms with Crippen LogP contribution >= 0.6 is 15.9 Å². The van der Waals surface area contributed by atoms with Gasteiger partial charge in [-0.15, -0.1) is 0 Å². The molecule has 0 saturated carbocycles. The van der Waals surface area contributed by atoms with Crippen LogP contribution in [0.25, 0.3) is 0 Å². The van der Waals surface area contributed by atoms with E-state index in [0.717, 1.165) is 15.9 Å². The van der Waals surface area contributed by atoms with E-state index in [-0.39, 0.29) is 5.91 Å². The topological polar surface area (TPSA) is 54.3 Å². The monoisotopic (exact) mass is 322 g/mol. The molecule has 19 heavy (non-hydrogen) atoms. The van der Waals surface area contributed by atoms with Crippen molar-refractivity contribution < 1.29 is 9.21 Å². The third kappa shape index (κ3) is 3.61. The van der Waals surface area contributed by atoms with E-state index in [0.29, 0.717) is 18.7 Å². The number of amides is 1. The fourth-order valence-electron chi connectivity index (χ4n) is 1.67. The quantitative estimate of drug-likeness (QED) is 0.887. The van der Waals surface area contributed by atoms with Crippen molar-refractivity contribution in [3.63, 3.8) is 0 Å². The maximum atomic E-state index is 11.7. The standard InChI is InChI=1S/C14H15BrN2O2/c1-2-16-14(18)10-4-3-5-11(8-10)17-9-13-12(15)6-7-19-13/h3-8,17H,2,9H2,1H3,(H,16,18). The second-order valence-corrected chi connectivity index (χ2v) is 4.84. The van der Waals surface area contributed by atoms with Gasteiger partial charge >= 0.3 is 0 Å². The zero-order valence-electron chi connectivity index (χ0n) is 10.6. The molecule has 0 fully saturated rings. The van der Waals surface area contributed by atoms with Crippen molar-refractivity contribution in [2.75, 3.05) is 11.9 Å². The summed E-state index contributed by atoms with van der Waals surface area (Å²) in [6, 6.07) is 9.23. The fourth-order valence-corrected chi connectivity index (χ4v) is 2.01. The molecule has 5 heteroatoms. The molecule has 0 bridgehead atoms. The molecule has 2 N–H and O–H groups in total. The summed E-state index contributed by atoms with van der Waals surface area (Å²) in [4.78, 5) is 11.7. The minimum absolute atomic E-state index is 0.0645. The molecule has 100 valence electrons. The highest BCUT2D eigenvalue weighted by molar-refractivity contribution is 9.10. The Morgan fingerprint density at radius 2 is 2.21 bits per heavy atom. The van der Waals surface area contributed by atoms with Crippen molar-refractivity contribution >= 4 is 27.5 Å². The molecular weight excluding hydrogens is 308 g/mol. The molecule has 0 atom stereocenters. The SMILES string of the molecule is CCNC(=O)c1cccc(NCc2occc2Br)c1. The zero-order valence-corrected chi connectivity index (χ0v) is 12.2. The van der Waals surface area contributed by atoms with Gasteiger partial charge in [0.05, 0.1) is 17.3 Å². The first-order chi connectivity index (χ1) is 9.20. The van der Waals surface area contributed by atoms with Gasteiger partial charge < -0.3 is 15.1 Å². The number of benzene rings is 1. The van der Waals surface area contributed by atoms with Gasteiger partial charge in [0, 0.05) is 17.8 Å². The summed E-state index contributed by atoms with van der Waals surface area (Å²) in [6.07, 6.45) is 1.63. The minimum Gasteiger partial charge on any atom is -0.466 e. The van der Waals surface area contributed by atoms with E-state index < -0.39 is 0 Å². The number of furan rings is 1. The van der Waals surface area contributed by atoms with Crippen molar-refractivity contribution in [3.8, 4) is 0 Å². The molecule has 1 amide bonds. The average molecular weight is 323 g/mol. The second-order valence-electron chi connectivity index (χ2n) is 3.99. The molecular formula is C14H15BrN2O2. The van der Waals surface area contributed by atoms with Crippen molar-refractivity contribution in [1.82, 2.24) is 5.32 Å². The first-order valence-electron chi connectivity index (χ1n) is 6.04. The van der Waals surface area contributed by atoms with Gasteiger partial charge in [0.1, 0.15) is 5.76 Å². The van der Waals surface area contributed by atoms with Gasteiger partial charge in [-0.3, -0.25) is 4.79 Å². The lowest BCUT2D eigenvalue weighted by atomic mass is 10.2. The average Bonchev–Trinajstić information content (AvgIpc) is 2.82. The van der Waals surface area contributed by atoms with Crippen molar-refractivity contribution in [2.45, 2.75) is 13.5 Å². The fraction of sp³-hybridized carbons (Fsp3) is 0.214. The van der Waals surface area contributed by atoms with Gasteiger partial charge in [0.15, 0.2) is 0 Å². The Kier molecular flexibility index (Phi) is 4.63. The Bertz CT molecular complexity index is 566. The summed E-state index contributed by atoms with van der Waals surface area (Å²) < 4.78 is 6.24. The van der Waals surface area contributed by atoms with Crippen LogP contribution in [0.3, 0.4) is 0 Å². The van der Waals surface area contributed by atoms with Crippen LogP contribution in [-0.4, -0.2) is 12.5 Å². The summed E-state index contributed by atoms with van der Waals surface area (Å²) in [5.74, 6) is 0.758. The predicted octanol–water partition coefficient (Wildman–Crippen LogP) is 3.40. The lowest BCUT2D eigenvalue weighted by Gasteiger charge is -2.07. The smallest absolute Gasteiger partial charge is 0.251 e. The van der Waals surface area contributed by atoms with Crippen molar-refractivity contribution in [3.05, 3.63) is 52.4 Å². The summed E-state index contributed by atoms with van der Waals surface area (Å²) in [6.45, 7) is 3.08. The third-order valence-corrected chi connectivity index (χ3v) is 3.31. The van der Waals surface area contributed by atoms with Gasteiger partial charge in [-0.1, -0.05) is 6.07 Å². The van der Waals surface area contributed by atoms with Crippen LogP contribution in [0.1, 0.15) is 23.0 Å². The molecule has 0 unspecified atom stereocenters. The van der Waals surface area contributed by atoms with Crippen LogP contribution in [-0.2, 0) is 6.54 Å². The highest BCUT2D eigenvalue weighted by Crippen LogP contribution is 2.19. The largest absolute Gasteiger partial charge is 0.466 e. The molecule has 0 spiro atoms. The summed E-state index contributed by atoms with van der Waals surface area (Å²) >= 11 is 3.40. The van der Waals surface area contributed by atoms with Crippen molar-refractivity contribution in [1.29, 1.82) is 0 Å². The number of anilines is 1. The van der Waals surface area contributed by atoms with Gasteiger partial charge in [-0.05, 0) is 47.1 Å². The molecule has 0 saturated heterocycles. The van der Waals surface area contributed by atoms with Crippen molar-refractivity contribution in [2.24, 2.45) is 0 Å². The molecule has 2 rings (SSSR count). The van der Waals surface area contributed by atoms with E-state index >= 15 is 0 Å². The summed E-state index contributed by atoms with van der Waals surface area (Å²) in [5, 5.41) is 6.00. The van der Waals surface area contributed by atoms with E-state index in [1.165, 1.54) is 0 Å². The molecule has 1 aromatic heterocycles. The van der Waals surface area contributed by atoms with Crippen LogP contribution < -0.4 is 10.6 Å². The van der Waals surface area contributed by atoms with Gasteiger partial charge in [0.25, 0.3) is 5.91 Å². The number of nitrogens with one attached hydrogen (secondary N) is 2. The van der Waals surface area contributed by atoms with Gasteiger partial charge in [0.2, 0.25) is 0 Å². The molecule has 0 aliphatic carbocycles. The number of rotatable bonds is 5. The second kappa shape index (κ2) is 6.43. The van der Waals surface area contributed by atoms with Gasteiger partial charge in [-0.2, -0.15) is 0 Å². The predicted molar refractivity (Wildman–Crippen MR) is 78.2 cm³/mol. The Labute approximate surface area is 120 Å². The molecule has 1 aromatic carbocycles. The first kappa shape index (κ1) is 13.7. The molecule has 2 aromatic rings.